The molecule has 0 spiro atoms. The minimum Gasteiger partial charge on any atom is -0.494 e. The van der Waals surface area contributed by atoms with E-state index < -0.39 is 10.0 Å². The largest absolute Gasteiger partial charge is 0.494 e. The van der Waals surface area contributed by atoms with Crippen LogP contribution in [-0.2, 0) is 21.4 Å². The molecule has 7 heteroatoms. The molecule has 2 rings (SSSR count). The average molecular weight is 354 g/mol. The van der Waals surface area contributed by atoms with Gasteiger partial charge in [-0.1, -0.05) is 12.1 Å². The molecule has 1 aromatic rings. The molecule has 1 aromatic carbocycles. The molecule has 24 heavy (non-hydrogen) atoms. The van der Waals surface area contributed by atoms with E-state index in [1.54, 1.807) is 6.92 Å². The lowest BCUT2D eigenvalue weighted by Gasteiger charge is -2.30. The van der Waals surface area contributed by atoms with Crippen LogP contribution in [0.25, 0.3) is 0 Å². The van der Waals surface area contributed by atoms with E-state index in [9.17, 15) is 13.2 Å². The van der Waals surface area contributed by atoms with Gasteiger partial charge in [-0.3, -0.25) is 4.79 Å². The molecule has 134 valence electrons. The predicted octanol–water partition coefficient (Wildman–Crippen LogP) is 1.76. The fraction of sp³-hybridized carbons (Fsp3) is 0.588. The zero-order valence-corrected chi connectivity index (χ0v) is 15.1. The minimum absolute atomic E-state index is 0.00893. The summed E-state index contributed by atoms with van der Waals surface area (Å²) in [5.74, 6) is 0.774. The summed E-state index contributed by atoms with van der Waals surface area (Å²) in [6.45, 7) is 5.48. The molecule has 0 unspecified atom stereocenters. The Balaban J connectivity index is 1.83. The Labute approximate surface area is 144 Å². The lowest BCUT2D eigenvalue weighted by molar-refractivity contribution is -0.126. The van der Waals surface area contributed by atoms with Gasteiger partial charge in [0.25, 0.3) is 0 Å². The van der Waals surface area contributed by atoms with Crippen LogP contribution in [0.15, 0.2) is 24.3 Å². The molecule has 1 N–H and O–H groups in total. The maximum atomic E-state index is 12.3. The Bertz CT molecular complexity index is 652. The van der Waals surface area contributed by atoms with Crippen molar-refractivity contribution in [2.24, 2.45) is 5.92 Å². The lowest BCUT2D eigenvalue weighted by atomic mass is 9.97. The van der Waals surface area contributed by atoms with E-state index >= 15 is 0 Å². The van der Waals surface area contributed by atoms with Crippen molar-refractivity contribution in [2.45, 2.75) is 33.2 Å². The number of carbonyl (C=O) groups is 1. The number of nitrogens with one attached hydrogen (secondary N) is 1. The van der Waals surface area contributed by atoms with E-state index in [0.717, 1.165) is 11.3 Å². The van der Waals surface area contributed by atoms with E-state index in [2.05, 4.69) is 5.32 Å². The van der Waals surface area contributed by atoms with Gasteiger partial charge in [-0.25, -0.2) is 12.7 Å². The van der Waals surface area contributed by atoms with Crippen molar-refractivity contribution in [1.82, 2.24) is 9.62 Å². The van der Waals surface area contributed by atoms with Gasteiger partial charge in [-0.2, -0.15) is 0 Å². The topological polar surface area (TPSA) is 75.7 Å². The molecule has 1 fully saturated rings. The quantitative estimate of drug-likeness (QED) is 0.810. The van der Waals surface area contributed by atoms with Crippen LogP contribution in [0.3, 0.4) is 0 Å². The summed E-state index contributed by atoms with van der Waals surface area (Å²) in [7, 11) is -3.15. The summed E-state index contributed by atoms with van der Waals surface area (Å²) in [5.41, 5.74) is 0.986. The second kappa shape index (κ2) is 8.48. The van der Waals surface area contributed by atoms with Crippen LogP contribution in [-0.4, -0.2) is 44.1 Å². The van der Waals surface area contributed by atoms with Gasteiger partial charge in [0.05, 0.1) is 12.4 Å². The Morgan fingerprint density at radius 2 is 2.00 bits per heavy atom. The van der Waals surface area contributed by atoms with Crippen molar-refractivity contribution in [3.63, 3.8) is 0 Å². The van der Waals surface area contributed by atoms with E-state index in [4.69, 9.17) is 4.74 Å². The number of piperidine rings is 1. The first kappa shape index (κ1) is 18.7. The molecule has 1 heterocycles. The van der Waals surface area contributed by atoms with Crippen molar-refractivity contribution >= 4 is 15.9 Å². The van der Waals surface area contributed by atoms with Crippen molar-refractivity contribution in [2.75, 3.05) is 25.4 Å². The Kier molecular flexibility index (Phi) is 6.62. The number of hydrogen-bond donors (Lipinski definition) is 1. The molecule has 1 aliphatic heterocycles. The molecular formula is C17H26N2O4S. The highest BCUT2D eigenvalue weighted by Crippen LogP contribution is 2.20. The van der Waals surface area contributed by atoms with E-state index in [1.165, 1.54) is 4.31 Å². The van der Waals surface area contributed by atoms with E-state index in [0.29, 0.717) is 39.1 Å². The summed E-state index contributed by atoms with van der Waals surface area (Å²) in [5, 5.41) is 2.94. The zero-order valence-electron chi connectivity index (χ0n) is 14.3. The monoisotopic (exact) mass is 354 g/mol. The molecule has 0 radical (unpaired) electrons. The first-order chi connectivity index (χ1) is 11.5. The number of amides is 1. The molecule has 0 atom stereocenters. The minimum atomic E-state index is -3.15. The number of benzene rings is 1. The van der Waals surface area contributed by atoms with Gasteiger partial charge in [-0.15, -0.1) is 0 Å². The van der Waals surface area contributed by atoms with Gasteiger partial charge >= 0.3 is 0 Å². The molecule has 0 aromatic heterocycles. The maximum absolute atomic E-state index is 12.3. The number of rotatable bonds is 7. The molecule has 0 saturated carbocycles. The highest BCUT2D eigenvalue weighted by atomic mass is 32.2. The summed E-state index contributed by atoms with van der Waals surface area (Å²) in [4.78, 5) is 12.3. The number of ether oxygens (including phenoxy) is 1. The fourth-order valence-corrected chi connectivity index (χ4v) is 3.96. The third-order valence-electron chi connectivity index (χ3n) is 4.26. The van der Waals surface area contributed by atoms with Crippen molar-refractivity contribution in [1.29, 1.82) is 0 Å². The average Bonchev–Trinajstić information content (AvgIpc) is 2.60. The van der Waals surface area contributed by atoms with Gasteiger partial charge < -0.3 is 10.1 Å². The predicted molar refractivity (Wildman–Crippen MR) is 93.2 cm³/mol. The van der Waals surface area contributed by atoms with Crippen molar-refractivity contribution in [3.8, 4) is 5.75 Å². The molecule has 0 bridgehead atoms. The highest BCUT2D eigenvalue weighted by molar-refractivity contribution is 7.89. The summed E-state index contributed by atoms with van der Waals surface area (Å²) >= 11 is 0. The Hall–Kier alpha value is -1.60. The second-order valence-electron chi connectivity index (χ2n) is 5.87. The van der Waals surface area contributed by atoms with Crippen LogP contribution in [0.5, 0.6) is 5.75 Å². The van der Waals surface area contributed by atoms with Crippen LogP contribution in [0, 0.1) is 5.92 Å². The van der Waals surface area contributed by atoms with Crippen LogP contribution >= 0.6 is 0 Å². The van der Waals surface area contributed by atoms with Crippen molar-refractivity contribution < 1.29 is 17.9 Å². The molecule has 6 nitrogen and oxygen atoms in total. The number of hydrogen-bond acceptors (Lipinski definition) is 4. The van der Waals surface area contributed by atoms with Crippen LogP contribution in [0.2, 0.25) is 0 Å². The standard InChI is InChI=1S/C17H26N2O4S/c1-3-23-16-7-5-6-14(12-16)13-18-17(20)15-8-10-19(11-9-15)24(21,22)4-2/h5-7,12,15H,3-4,8-11,13H2,1-2H3,(H,18,20). The summed E-state index contributed by atoms with van der Waals surface area (Å²) in [6, 6.07) is 7.65. The third-order valence-corrected chi connectivity index (χ3v) is 6.14. The highest BCUT2D eigenvalue weighted by Gasteiger charge is 2.29. The van der Waals surface area contributed by atoms with Gasteiger partial charge in [0.2, 0.25) is 15.9 Å². The zero-order chi connectivity index (χ0) is 17.6. The Morgan fingerprint density at radius 3 is 2.62 bits per heavy atom. The van der Waals surface area contributed by atoms with Crippen LogP contribution < -0.4 is 10.1 Å². The Morgan fingerprint density at radius 1 is 1.29 bits per heavy atom. The molecule has 0 aliphatic carbocycles. The fourth-order valence-electron chi connectivity index (χ4n) is 2.82. The van der Waals surface area contributed by atoms with E-state index in [1.807, 2.05) is 31.2 Å². The maximum Gasteiger partial charge on any atom is 0.223 e. The smallest absolute Gasteiger partial charge is 0.223 e. The van der Waals surface area contributed by atoms with Crippen LogP contribution in [0.4, 0.5) is 0 Å². The van der Waals surface area contributed by atoms with Gasteiger partial charge in [-0.05, 0) is 44.4 Å². The van der Waals surface area contributed by atoms with E-state index in [-0.39, 0.29) is 17.6 Å². The lowest BCUT2D eigenvalue weighted by Crippen LogP contribution is -2.43. The molecular weight excluding hydrogens is 328 g/mol. The number of sulfonamides is 1. The van der Waals surface area contributed by atoms with Gasteiger partial charge in [0, 0.05) is 25.6 Å². The summed E-state index contributed by atoms with van der Waals surface area (Å²) in [6.07, 6.45) is 1.15. The number of carbonyl (C=O) groups excluding carboxylic acids is 1. The molecule has 1 saturated heterocycles. The second-order valence-corrected chi connectivity index (χ2v) is 8.13. The first-order valence-corrected chi connectivity index (χ1v) is 10.0. The van der Waals surface area contributed by atoms with Crippen molar-refractivity contribution in [3.05, 3.63) is 29.8 Å². The first-order valence-electron chi connectivity index (χ1n) is 8.43. The van der Waals surface area contributed by atoms with Gasteiger partial charge in [0.15, 0.2) is 0 Å². The SMILES string of the molecule is CCOc1cccc(CNC(=O)C2CCN(S(=O)(=O)CC)CC2)c1. The third kappa shape index (κ3) is 4.95. The normalized spacial score (nSPS) is 16.8. The van der Waals surface area contributed by atoms with Crippen LogP contribution in [0.1, 0.15) is 32.3 Å². The molecule has 1 amide bonds. The summed E-state index contributed by atoms with van der Waals surface area (Å²) < 4.78 is 30.6. The van der Waals surface area contributed by atoms with Gasteiger partial charge in [0.1, 0.15) is 5.75 Å². The number of nitrogens with zero attached hydrogens (tertiary/aromatic N) is 1. The molecule has 1 aliphatic rings.